The van der Waals surface area contributed by atoms with Crippen LogP contribution in [0.25, 0.3) is 0 Å². The Hall–Kier alpha value is -0.780. The van der Waals surface area contributed by atoms with Gasteiger partial charge in [-0.15, -0.1) is 0 Å². The third kappa shape index (κ3) is 5.95. The normalized spacial score (nSPS) is 15.0. The van der Waals surface area contributed by atoms with Gasteiger partial charge in [-0.05, 0) is 66.2 Å². The lowest BCUT2D eigenvalue weighted by atomic mass is 10.1. The topological polar surface area (TPSA) is 0 Å². The van der Waals surface area contributed by atoms with Crippen LogP contribution in [0.3, 0.4) is 0 Å². The molecule has 0 aliphatic heterocycles. The number of allylic oxidation sites excluding steroid dienone is 6. The lowest BCUT2D eigenvalue weighted by Crippen LogP contribution is -1.80. The zero-order valence-electron chi connectivity index (χ0n) is 11.4. The van der Waals surface area contributed by atoms with Gasteiger partial charge >= 0.3 is 0 Å². The van der Waals surface area contributed by atoms with Crippen molar-refractivity contribution in [3.8, 4) is 0 Å². The van der Waals surface area contributed by atoms with Crippen LogP contribution >= 0.6 is 0 Å². The molecule has 1 saturated carbocycles. The summed E-state index contributed by atoms with van der Waals surface area (Å²) in [5, 5.41) is 0. The van der Waals surface area contributed by atoms with Crippen molar-refractivity contribution in [2.45, 2.75) is 66.2 Å². The molecule has 1 fully saturated rings. The smallest absolute Gasteiger partial charge is 0.0280 e. The number of rotatable bonds is 6. The Bertz CT molecular complexity index is 303. The monoisotopic (exact) mass is 218 g/mol. The fraction of sp³-hybridized carbons (Fsp3) is 0.625. The highest BCUT2D eigenvalue weighted by atomic mass is 14.2. The van der Waals surface area contributed by atoms with E-state index in [1.54, 1.807) is 16.7 Å². The standard InChI is InChI=1S/C16H26/c1-13(2)7-5-8-14(3)9-6-10-15(4)16-11-12-16/h7,9H,5-6,8,10-12H2,1-4H3. The van der Waals surface area contributed by atoms with Crippen LogP contribution in [-0.4, -0.2) is 0 Å². The van der Waals surface area contributed by atoms with Crippen molar-refractivity contribution < 1.29 is 0 Å². The van der Waals surface area contributed by atoms with E-state index < -0.39 is 0 Å². The van der Waals surface area contributed by atoms with E-state index in [-0.39, 0.29) is 0 Å². The molecule has 0 amide bonds. The summed E-state index contributed by atoms with van der Waals surface area (Å²) >= 11 is 0. The largest absolute Gasteiger partial charge is 0.0856 e. The van der Waals surface area contributed by atoms with E-state index >= 15 is 0 Å². The molecule has 0 heterocycles. The van der Waals surface area contributed by atoms with Crippen molar-refractivity contribution in [2.75, 3.05) is 0 Å². The van der Waals surface area contributed by atoms with Crippen LogP contribution in [0.5, 0.6) is 0 Å². The lowest BCUT2D eigenvalue weighted by Gasteiger charge is -2.00. The first-order valence-electron chi connectivity index (χ1n) is 6.56. The van der Waals surface area contributed by atoms with Crippen molar-refractivity contribution in [2.24, 2.45) is 0 Å². The molecule has 90 valence electrons. The Morgan fingerprint density at radius 2 is 1.56 bits per heavy atom. The summed E-state index contributed by atoms with van der Waals surface area (Å²) in [5.41, 5.74) is 6.34. The van der Waals surface area contributed by atoms with Crippen molar-refractivity contribution in [1.82, 2.24) is 0 Å². The summed E-state index contributed by atoms with van der Waals surface area (Å²) in [6, 6.07) is 0. The second-order valence-electron chi connectivity index (χ2n) is 5.29. The summed E-state index contributed by atoms with van der Waals surface area (Å²) < 4.78 is 0. The van der Waals surface area contributed by atoms with Gasteiger partial charge in [-0.1, -0.05) is 34.4 Å². The van der Waals surface area contributed by atoms with Crippen LogP contribution in [0.1, 0.15) is 66.2 Å². The zero-order valence-corrected chi connectivity index (χ0v) is 11.4. The van der Waals surface area contributed by atoms with Gasteiger partial charge in [0.25, 0.3) is 0 Å². The highest BCUT2D eigenvalue weighted by Gasteiger charge is 2.13. The third-order valence-electron chi connectivity index (χ3n) is 3.21. The van der Waals surface area contributed by atoms with E-state index in [9.17, 15) is 0 Å². The molecule has 1 aliphatic carbocycles. The first kappa shape index (κ1) is 13.3. The molecule has 16 heavy (non-hydrogen) atoms. The molecule has 0 aromatic rings. The van der Waals surface area contributed by atoms with E-state index in [2.05, 4.69) is 39.8 Å². The molecule has 0 nitrogen and oxygen atoms in total. The molecular formula is C16H26. The highest BCUT2D eigenvalue weighted by molar-refractivity contribution is 5.23. The molecule has 0 N–H and O–H groups in total. The molecule has 0 saturated heterocycles. The average Bonchev–Trinajstić information content (AvgIpc) is 2.99. The van der Waals surface area contributed by atoms with Crippen LogP contribution in [0, 0.1) is 0 Å². The molecule has 0 spiro atoms. The Balaban J connectivity index is 2.18. The molecule has 1 rings (SSSR count). The van der Waals surface area contributed by atoms with Crippen molar-refractivity contribution in [3.05, 3.63) is 34.4 Å². The molecule has 1 aliphatic rings. The predicted molar refractivity (Wildman–Crippen MR) is 73.6 cm³/mol. The van der Waals surface area contributed by atoms with E-state index in [4.69, 9.17) is 0 Å². The molecule has 0 atom stereocenters. The molecule has 0 aromatic heterocycles. The second-order valence-corrected chi connectivity index (χ2v) is 5.29. The van der Waals surface area contributed by atoms with Crippen molar-refractivity contribution in [3.63, 3.8) is 0 Å². The lowest BCUT2D eigenvalue weighted by molar-refractivity contribution is 0.916. The van der Waals surface area contributed by atoms with E-state index in [1.807, 2.05) is 0 Å². The van der Waals surface area contributed by atoms with Gasteiger partial charge in [0.2, 0.25) is 0 Å². The maximum atomic E-state index is 2.42. The number of hydrogen-bond acceptors (Lipinski definition) is 0. The Morgan fingerprint density at radius 3 is 2.12 bits per heavy atom. The van der Waals surface area contributed by atoms with Crippen LogP contribution in [0.15, 0.2) is 34.4 Å². The van der Waals surface area contributed by atoms with Gasteiger partial charge in [0.05, 0.1) is 0 Å². The Labute approximate surface area is 101 Å². The molecule has 0 radical (unpaired) electrons. The summed E-state index contributed by atoms with van der Waals surface area (Å²) in [5.74, 6) is 0. The Morgan fingerprint density at radius 1 is 0.938 bits per heavy atom. The van der Waals surface area contributed by atoms with Crippen LogP contribution in [0.4, 0.5) is 0 Å². The quantitative estimate of drug-likeness (QED) is 0.511. The molecular weight excluding hydrogens is 192 g/mol. The number of hydrogen-bond donors (Lipinski definition) is 0. The van der Waals surface area contributed by atoms with Gasteiger partial charge in [0.1, 0.15) is 0 Å². The van der Waals surface area contributed by atoms with E-state index in [1.165, 1.54) is 44.1 Å². The maximum Gasteiger partial charge on any atom is -0.0280 e. The van der Waals surface area contributed by atoms with Gasteiger partial charge in [-0.3, -0.25) is 0 Å². The fourth-order valence-corrected chi connectivity index (χ4v) is 1.89. The maximum absolute atomic E-state index is 2.42. The van der Waals surface area contributed by atoms with Gasteiger partial charge in [0, 0.05) is 0 Å². The molecule has 0 bridgehead atoms. The van der Waals surface area contributed by atoms with E-state index in [0.29, 0.717) is 0 Å². The van der Waals surface area contributed by atoms with Gasteiger partial charge in [-0.2, -0.15) is 0 Å². The van der Waals surface area contributed by atoms with Gasteiger partial charge in [-0.25, -0.2) is 0 Å². The van der Waals surface area contributed by atoms with Crippen molar-refractivity contribution in [1.29, 1.82) is 0 Å². The molecule has 0 unspecified atom stereocenters. The first-order chi connectivity index (χ1) is 7.59. The molecule has 0 heteroatoms. The predicted octanol–water partition coefficient (Wildman–Crippen LogP) is 5.57. The van der Waals surface area contributed by atoms with Crippen LogP contribution < -0.4 is 0 Å². The second kappa shape index (κ2) is 6.73. The molecule has 0 aromatic carbocycles. The Kier molecular flexibility index (Phi) is 5.59. The highest BCUT2D eigenvalue weighted by Crippen LogP contribution is 2.33. The van der Waals surface area contributed by atoms with Gasteiger partial charge in [0.15, 0.2) is 0 Å². The summed E-state index contributed by atoms with van der Waals surface area (Å²) in [6.07, 6.45) is 12.4. The van der Waals surface area contributed by atoms with Crippen LogP contribution in [0.2, 0.25) is 0 Å². The summed E-state index contributed by atoms with van der Waals surface area (Å²) in [7, 11) is 0. The summed E-state index contributed by atoms with van der Waals surface area (Å²) in [4.78, 5) is 0. The minimum Gasteiger partial charge on any atom is -0.0856 e. The van der Waals surface area contributed by atoms with E-state index in [0.717, 1.165) is 0 Å². The SMILES string of the molecule is CC(C)=CCCC(C)=CCCC(C)=C1CC1. The minimum atomic E-state index is 1.20. The third-order valence-corrected chi connectivity index (χ3v) is 3.21. The zero-order chi connectivity index (χ0) is 12.0. The van der Waals surface area contributed by atoms with Gasteiger partial charge < -0.3 is 0 Å². The van der Waals surface area contributed by atoms with Crippen LogP contribution in [-0.2, 0) is 0 Å². The summed E-state index contributed by atoms with van der Waals surface area (Å²) in [6.45, 7) is 8.90. The first-order valence-corrected chi connectivity index (χ1v) is 6.56. The fourth-order valence-electron chi connectivity index (χ4n) is 1.89. The van der Waals surface area contributed by atoms with Crippen molar-refractivity contribution >= 4 is 0 Å². The minimum absolute atomic E-state index is 1.20. The average molecular weight is 218 g/mol.